The van der Waals surface area contributed by atoms with Crippen molar-refractivity contribution in [1.29, 1.82) is 0 Å². The normalized spacial score (nSPS) is 55.7. The molecular formula is C30H50O. The lowest BCUT2D eigenvalue weighted by atomic mass is 9.35. The Bertz CT molecular complexity index is 777. The minimum absolute atomic E-state index is 0.0432. The van der Waals surface area contributed by atoms with Gasteiger partial charge in [0.2, 0.25) is 0 Å². The van der Waals surface area contributed by atoms with Crippen molar-refractivity contribution in [2.24, 2.45) is 56.7 Å². The summed E-state index contributed by atoms with van der Waals surface area (Å²) in [5.74, 6) is 4.02. The molecule has 1 heteroatoms. The van der Waals surface area contributed by atoms with E-state index in [4.69, 9.17) is 0 Å². The van der Waals surface area contributed by atoms with Gasteiger partial charge in [-0.1, -0.05) is 67.0 Å². The van der Waals surface area contributed by atoms with Crippen LogP contribution in [-0.2, 0) is 0 Å². The third kappa shape index (κ3) is 2.60. The van der Waals surface area contributed by atoms with E-state index in [1.54, 1.807) is 0 Å². The van der Waals surface area contributed by atoms with Crippen molar-refractivity contribution in [3.05, 3.63) is 11.6 Å². The van der Waals surface area contributed by atoms with Crippen LogP contribution >= 0.6 is 0 Å². The summed E-state index contributed by atoms with van der Waals surface area (Å²) in [7, 11) is 0. The Morgan fingerprint density at radius 2 is 1.48 bits per heavy atom. The van der Waals surface area contributed by atoms with Crippen molar-refractivity contribution in [2.45, 2.75) is 119 Å². The van der Waals surface area contributed by atoms with Crippen molar-refractivity contribution in [3.63, 3.8) is 0 Å². The Morgan fingerprint density at radius 1 is 0.806 bits per heavy atom. The first-order valence-electron chi connectivity index (χ1n) is 13.7. The summed E-state index contributed by atoms with van der Waals surface area (Å²) < 4.78 is 0. The quantitative estimate of drug-likeness (QED) is 0.421. The van der Waals surface area contributed by atoms with Gasteiger partial charge in [0.05, 0.1) is 6.10 Å². The maximum absolute atomic E-state index is 10.8. The monoisotopic (exact) mass is 426 g/mol. The molecule has 0 spiro atoms. The molecule has 1 N–H and O–H groups in total. The van der Waals surface area contributed by atoms with Gasteiger partial charge in [-0.05, 0) is 114 Å². The van der Waals surface area contributed by atoms with E-state index in [9.17, 15) is 5.11 Å². The fourth-order valence-electron chi connectivity index (χ4n) is 11.2. The highest BCUT2D eigenvalue weighted by molar-refractivity contribution is 5.33. The van der Waals surface area contributed by atoms with Gasteiger partial charge in [0.15, 0.2) is 0 Å². The summed E-state index contributed by atoms with van der Waals surface area (Å²) in [5.41, 5.74) is 3.61. The zero-order valence-electron chi connectivity index (χ0n) is 21.9. The van der Waals surface area contributed by atoms with Crippen LogP contribution in [0.1, 0.15) is 113 Å². The lowest BCUT2D eigenvalue weighted by molar-refractivity contribution is -0.165. The standard InChI is InChI=1S/C30H50O/c1-19(2)20-9-12-24-28(20,6)17-18-29(7)22-10-11-23-26(3,4)25(31)14-15-27(23,5)21(22)13-16-30(24,29)8/h13,19-20,22-25,31H,9-12,14-18H2,1-8H3/t20-,22+,23+,24-,25+,27-,28-,29-,30+/m1/s1. The maximum Gasteiger partial charge on any atom is 0.0594 e. The van der Waals surface area contributed by atoms with Crippen LogP contribution in [-0.4, -0.2) is 11.2 Å². The fourth-order valence-corrected chi connectivity index (χ4v) is 11.2. The van der Waals surface area contributed by atoms with E-state index < -0.39 is 0 Å². The molecule has 0 unspecified atom stereocenters. The number of rotatable bonds is 1. The first-order chi connectivity index (χ1) is 14.3. The second kappa shape index (κ2) is 6.64. The van der Waals surface area contributed by atoms with Crippen LogP contribution in [0.3, 0.4) is 0 Å². The Labute approximate surface area is 192 Å². The summed E-state index contributed by atoms with van der Waals surface area (Å²) in [5, 5.41) is 10.8. The highest BCUT2D eigenvalue weighted by Gasteiger charge is 2.68. The molecule has 0 radical (unpaired) electrons. The molecule has 31 heavy (non-hydrogen) atoms. The number of hydrogen-bond donors (Lipinski definition) is 1. The van der Waals surface area contributed by atoms with Gasteiger partial charge in [0, 0.05) is 0 Å². The molecule has 0 bridgehead atoms. The number of fused-ring (bicyclic) bond motifs is 7. The van der Waals surface area contributed by atoms with E-state index in [1.807, 2.05) is 5.57 Å². The van der Waals surface area contributed by atoms with E-state index in [0.717, 1.165) is 30.1 Å². The van der Waals surface area contributed by atoms with Crippen LogP contribution in [0.25, 0.3) is 0 Å². The Balaban J connectivity index is 1.55. The van der Waals surface area contributed by atoms with Crippen LogP contribution in [0.4, 0.5) is 0 Å². The highest BCUT2D eigenvalue weighted by atomic mass is 16.3. The van der Waals surface area contributed by atoms with Crippen LogP contribution in [0, 0.1) is 56.7 Å². The summed E-state index contributed by atoms with van der Waals surface area (Å²) in [6, 6.07) is 0. The van der Waals surface area contributed by atoms with E-state index >= 15 is 0 Å². The zero-order valence-corrected chi connectivity index (χ0v) is 21.9. The molecule has 4 saturated carbocycles. The van der Waals surface area contributed by atoms with Gasteiger partial charge < -0.3 is 5.11 Å². The Hall–Kier alpha value is -0.300. The predicted octanol–water partition coefficient (Wildman–Crippen LogP) is 8.02. The Kier molecular flexibility index (Phi) is 4.82. The molecule has 5 aliphatic rings. The van der Waals surface area contributed by atoms with Crippen molar-refractivity contribution in [3.8, 4) is 0 Å². The second-order valence-corrected chi connectivity index (χ2v) is 14.7. The van der Waals surface area contributed by atoms with E-state index in [2.05, 4.69) is 61.5 Å². The topological polar surface area (TPSA) is 20.2 Å². The lowest BCUT2D eigenvalue weighted by Crippen LogP contribution is -2.62. The molecule has 1 nitrogen and oxygen atoms in total. The van der Waals surface area contributed by atoms with Gasteiger partial charge >= 0.3 is 0 Å². The maximum atomic E-state index is 10.8. The predicted molar refractivity (Wildman–Crippen MR) is 131 cm³/mol. The van der Waals surface area contributed by atoms with Gasteiger partial charge in [-0.15, -0.1) is 0 Å². The molecule has 5 rings (SSSR count). The van der Waals surface area contributed by atoms with Crippen LogP contribution in [0.15, 0.2) is 11.6 Å². The first-order valence-corrected chi connectivity index (χ1v) is 13.7. The molecule has 0 saturated heterocycles. The van der Waals surface area contributed by atoms with Gasteiger partial charge in [-0.3, -0.25) is 0 Å². The van der Waals surface area contributed by atoms with Crippen molar-refractivity contribution >= 4 is 0 Å². The largest absolute Gasteiger partial charge is 0.393 e. The van der Waals surface area contributed by atoms with E-state index in [0.29, 0.717) is 27.6 Å². The summed E-state index contributed by atoms with van der Waals surface area (Å²) in [6.07, 6.45) is 14.6. The molecular weight excluding hydrogens is 376 g/mol. The fraction of sp³-hybridized carbons (Fsp3) is 0.933. The molecule has 0 aliphatic heterocycles. The molecule has 9 atom stereocenters. The van der Waals surface area contributed by atoms with Crippen molar-refractivity contribution in [1.82, 2.24) is 0 Å². The van der Waals surface area contributed by atoms with Crippen LogP contribution < -0.4 is 0 Å². The van der Waals surface area contributed by atoms with Gasteiger partial charge in [-0.25, -0.2) is 0 Å². The molecule has 0 aromatic carbocycles. The van der Waals surface area contributed by atoms with Crippen molar-refractivity contribution in [2.75, 3.05) is 0 Å². The van der Waals surface area contributed by atoms with Crippen molar-refractivity contribution < 1.29 is 5.11 Å². The third-order valence-electron chi connectivity index (χ3n) is 13.2. The number of hydrogen-bond acceptors (Lipinski definition) is 1. The molecule has 0 heterocycles. The summed E-state index contributed by atoms with van der Waals surface area (Å²) in [6.45, 7) is 20.4. The number of aliphatic hydroxyl groups excluding tert-OH is 1. The molecule has 0 aromatic rings. The highest BCUT2D eigenvalue weighted by Crippen LogP contribution is 2.76. The number of allylic oxidation sites excluding steroid dienone is 2. The van der Waals surface area contributed by atoms with Gasteiger partial charge in [-0.2, -0.15) is 0 Å². The average molecular weight is 427 g/mol. The molecule has 0 aromatic heterocycles. The first kappa shape index (κ1) is 22.5. The Morgan fingerprint density at radius 3 is 2.16 bits per heavy atom. The van der Waals surface area contributed by atoms with Crippen LogP contribution in [0.2, 0.25) is 0 Å². The molecule has 5 aliphatic carbocycles. The third-order valence-corrected chi connectivity index (χ3v) is 13.2. The summed E-state index contributed by atoms with van der Waals surface area (Å²) in [4.78, 5) is 0. The van der Waals surface area contributed by atoms with Gasteiger partial charge in [0.1, 0.15) is 0 Å². The number of aliphatic hydroxyl groups is 1. The molecule has 176 valence electrons. The summed E-state index contributed by atoms with van der Waals surface area (Å²) >= 11 is 0. The second-order valence-electron chi connectivity index (χ2n) is 14.7. The van der Waals surface area contributed by atoms with Gasteiger partial charge in [0.25, 0.3) is 0 Å². The van der Waals surface area contributed by atoms with Crippen LogP contribution in [0.5, 0.6) is 0 Å². The SMILES string of the molecule is CC(C)[C@H]1CC[C@@H]2[C@]1(C)CC[C@]1(C)[C@H]3CC[C@H]4C(C)(C)[C@@H](O)CC[C@]4(C)C3=CC[C@@]21C. The van der Waals surface area contributed by atoms with E-state index in [-0.39, 0.29) is 11.5 Å². The zero-order chi connectivity index (χ0) is 22.6. The van der Waals surface area contributed by atoms with E-state index in [1.165, 1.54) is 51.4 Å². The molecule has 4 fully saturated rings. The minimum atomic E-state index is -0.131. The minimum Gasteiger partial charge on any atom is -0.393 e. The lowest BCUT2D eigenvalue weighted by Gasteiger charge is -2.69. The molecule has 0 amide bonds. The average Bonchev–Trinajstić information content (AvgIpc) is 3.05. The smallest absolute Gasteiger partial charge is 0.0594 e.